The van der Waals surface area contributed by atoms with Crippen molar-refractivity contribution < 1.29 is 31.2 Å². The third-order valence-corrected chi connectivity index (χ3v) is 8.95. The third-order valence-electron chi connectivity index (χ3n) is 5.15. The van der Waals surface area contributed by atoms with Gasteiger partial charge in [0.1, 0.15) is 5.75 Å². The van der Waals surface area contributed by atoms with Gasteiger partial charge in [-0.15, -0.1) is 0 Å². The van der Waals surface area contributed by atoms with Gasteiger partial charge in [-0.25, -0.2) is 26.4 Å². The molecular weight excluding hydrogens is 434 g/mol. The standard InChI is InChI=1S/C18H25N3O7S2/c1-17(7-9-29(24,25)11-17)20-15(22)19-13-3-5-14(6-4-13)28-16(23)21-18(2)8-10-30(26,27)12-18/h3-6H,7-12H2,1-2H3,(H,21,23)(H2,19,20,22). The molecule has 2 fully saturated rings. The van der Waals surface area contributed by atoms with Gasteiger partial charge >= 0.3 is 12.1 Å². The van der Waals surface area contributed by atoms with Crippen LogP contribution in [0.25, 0.3) is 0 Å². The van der Waals surface area contributed by atoms with Crippen molar-refractivity contribution in [2.75, 3.05) is 28.3 Å². The van der Waals surface area contributed by atoms with Crippen molar-refractivity contribution in [2.24, 2.45) is 0 Å². The van der Waals surface area contributed by atoms with Crippen molar-refractivity contribution in [1.82, 2.24) is 10.6 Å². The Bertz CT molecular complexity index is 969. The molecule has 1 aromatic rings. The topological polar surface area (TPSA) is 148 Å². The van der Waals surface area contributed by atoms with E-state index in [1.807, 2.05) is 0 Å². The minimum absolute atomic E-state index is 0.0250. The van der Waals surface area contributed by atoms with Gasteiger partial charge in [0.25, 0.3) is 0 Å². The molecule has 2 unspecified atom stereocenters. The summed E-state index contributed by atoms with van der Waals surface area (Å²) in [6.07, 6.45) is -0.0866. The number of rotatable bonds is 4. The summed E-state index contributed by atoms with van der Waals surface area (Å²) in [6.45, 7) is 3.34. The van der Waals surface area contributed by atoms with Crippen molar-refractivity contribution >= 4 is 37.5 Å². The van der Waals surface area contributed by atoms with Gasteiger partial charge in [0.05, 0.1) is 34.1 Å². The first kappa shape index (κ1) is 22.3. The van der Waals surface area contributed by atoms with E-state index in [0.717, 1.165) is 0 Å². The summed E-state index contributed by atoms with van der Waals surface area (Å²) in [4.78, 5) is 24.2. The van der Waals surface area contributed by atoms with E-state index < -0.39 is 42.9 Å². The van der Waals surface area contributed by atoms with Crippen molar-refractivity contribution in [3.8, 4) is 5.75 Å². The van der Waals surface area contributed by atoms with Gasteiger partial charge < -0.3 is 20.7 Å². The summed E-state index contributed by atoms with van der Waals surface area (Å²) in [5, 5.41) is 7.88. The SMILES string of the molecule is CC1(NC(=O)Nc2ccc(OC(=O)NC3(C)CCS(=O)(=O)C3)cc2)CCS(=O)(=O)C1. The van der Waals surface area contributed by atoms with Gasteiger partial charge in [0.15, 0.2) is 19.7 Å². The van der Waals surface area contributed by atoms with Crippen LogP contribution in [0.1, 0.15) is 26.7 Å². The van der Waals surface area contributed by atoms with E-state index in [0.29, 0.717) is 18.5 Å². The fourth-order valence-corrected chi connectivity index (χ4v) is 7.83. The quantitative estimate of drug-likeness (QED) is 0.609. The van der Waals surface area contributed by atoms with Crippen LogP contribution in [0.3, 0.4) is 0 Å². The van der Waals surface area contributed by atoms with E-state index in [9.17, 15) is 26.4 Å². The van der Waals surface area contributed by atoms with Crippen LogP contribution in [0.5, 0.6) is 5.75 Å². The molecule has 2 atom stereocenters. The molecule has 1 aromatic carbocycles. The average Bonchev–Trinajstić information content (AvgIpc) is 3.02. The van der Waals surface area contributed by atoms with E-state index in [1.54, 1.807) is 13.8 Å². The maximum Gasteiger partial charge on any atom is 0.413 e. The Morgan fingerprint density at radius 1 is 0.867 bits per heavy atom. The second kappa shape index (κ2) is 7.73. The number of carbonyl (C=O) groups excluding carboxylic acids is 2. The van der Waals surface area contributed by atoms with Crippen LogP contribution < -0.4 is 20.7 Å². The number of amides is 3. The van der Waals surface area contributed by atoms with Gasteiger partial charge in [-0.3, -0.25) is 0 Å². The predicted molar refractivity (Wildman–Crippen MR) is 111 cm³/mol. The van der Waals surface area contributed by atoms with E-state index in [1.165, 1.54) is 24.3 Å². The molecule has 0 aromatic heterocycles. The normalized spacial score (nSPS) is 29.1. The lowest BCUT2D eigenvalue weighted by molar-refractivity contribution is 0.189. The molecule has 2 aliphatic rings. The van der Waals surface area contributed by atoms with Crippen molar-refractivity contribution in [3.63, 3.8) is 0 Å². The fraction of sp³-hybridized carbons (Fsp3) is 0.556. The number of hydrogen-bond donors (Lipinski definition) is 3. The molecule has 2 aliphatic heterocycles. The van der Waals surface area contributed by atoms with Crippen LogP contribution in [0.15, 0.2) is 24.3 Å². The molecule has 2 heterocycles. The lowest BCUT2D eigenvalue weighted by atomic mass is 10.0. The highest BCUT2D eigenvalue weighted by Crippen LogP contribution is 2.24. The van der Waals surface area contributed by atoms with Gasteiger partial charge in [-0.2, -0.15) is 0 Å². The lowest BCUT2D eigenvalue weighted by Gasteiger charge is -2.24. The summed E-state index contributed by atoms with van der Waals surface area (Å²) in [5.41, 5.74) is -1.24. The van der Waals surface area contributed by atoms with E-state index >= 15 is 0 Å². The molecule has 0 radical (unpaired) electrons. The summed E-state index contributed by atoms with van der Waals surface area (Å²) in [6, 6.07) is 5.47. The first-order valence-electron chi connectivity index (χ1n) is 9.37. The maximum absolute atomic E-state index is 12.2. The molecule has 12 heteroatoms. The maximum atomic E-state index is 12.2. The second-order valence-corrected chi connectivity index (χ2v) is 12.8. The smallest absolute Gasteiger partial charge is 0.410 e. The summed E-state index contributed by atoms with van der Waals surface area (Å²) >= 11 is 0. The van der Waals surface area contributed by atoms with E-state index in [4.69, 9.17) is 4.74 Å². The van der Waals surface area contributed by atoms with Crippen molar-refractivity contribution in [2.45, 2.75) is 37.8 Å². The lowest BCUT2D eigenvalue weighted by Crippen LogP contribution is -2.48. The summed E-state index contributed by atoms with van der Waals surface area (Å²) in [7, 11) is -6.30. The Morgan fingerprint density at radius 3 is 1.83 bits per heavy atom. The van der Waals surface area contributed by atoms with Crippen LogP contribution in [0.4, 0.5) is 15.3 Å². The Hall–Kier alpha value is -2.34. The van der Waals surface area contributed by atoms with Gasteiger partial charge in [0, 0.05) is 5.69 Å². The number of hydrogen-bond acceptors (Lipinski definition) is 7. The second-order valence-electron chi connectivity index (χ2n) is 8.42. The largest absolute Gasteiger partial charge is 0.413 e. The predicted octanol–water partition coefficient (Wildman–Crippen LogP) is 1.05. The number of anilines is 1. The minimum atomic E-state index is -3.16. The minimum Gasteiger partial charge on any atom is -0.410 e. The van der Waals surface area contributed by atoms with Gasteiger partial charge in [-0.1, -0.05) is 0 Å². The van der Waals surface area contributed by atoms with Gasteiger partial charge in [-0.05, 0) is 51.0 Å². The average molecular weight is 460 g/mol. The highest BCUT2D eigenvalue weighted by atomic mass is 32.2. The Kier molecular flexibility index (Phi) is 5.76. The number of carbonyl (C=O) groups is 2. The molecule has 2 saturated heterocycles. The summed E-state index contributed by atoms with van der Waals surface area (Å²) in [5.74, 6) is 0.0554. The number of sulfone groups is 2. The number of urea groups is 1. The Balaban J connectivity index is 1.51. The molecule has 0 saturated carbocycles. The molecule has 166 valence electrons. The fourth-order valence-electron chi connectivity index (χ4n) is 3.64. The van der Waals surface area contributed by atoms with Crippen molar-refractivity contribution in [1.29, 1.82) is 0 Å². The summed E-state index contributed by atoms with van der Waals surface area (Å²) < 4.78 is 51.6. The van der Waals surface area contributed by atoms with Crippen LogP contribution >= 0.6 is 0 Å². The number of nitrogens with one attached hydrogen (secondary N) is 3. The molecule has 3 rings (SSSR count). The van der Waals surface area contributed by atoms with E-state index in [-0.39, 0.29) is 28.8 Å². The monoisotopic (exact) mass is 459 g/mol. The molecule has 3 amide bonds. The van der Waals surface area contributed by atoms with Gasteiger partial charge in [0.2, 0.25) is 0 Å². The molecule has 30 heavy (non-hydrogen) atoms. The first-order valence-corrected chi connectivity index (χ1v) is 13.0. The zero-order valence-corrected chi connectivity index (χ0v) is 18.4. The first-order chi connectivity index (χ1) is 13.8. The van der Waals surface area contributed by atoms with Crippen LogP contribution in [-0.2, 0) is 19.7 Å². The Labute approximate surface area is 175 Å². The Morgan fingerprint density at radius 2 is 1.37 bits per heavy atom. The molecule has 10 nitrogen and oxygen atoms in total. The molecule has 0 bridgehead atoms. The molecular formula is C18H25N3O7S2. The molecule has 0 aliphatic carbocycles. The van der Waals surface area contributed by atoms with Crippen molar-refractivity contribution in [3.05, 3.63) is 24.3 Å². The molecule has 3 N–H and O–H groups in total. The zero-order chi connectivity index (χ0) is 22.2. The van der Waals surface area contributed by atoms with E-state index in [2.05, 4.69) is 16.0 Å². The highest BCUT2D eigenvalue weighted by Gasteiger charge is 2.40. The van der Waals surface area contributed by atoms with Crippen LogP contribution in [0, 0.1) is 0 Å². The zero-order valence-electron chi connectivity index (χ0n) is 16.7. The number of benzene rings is 1. The van der Waals surface area contributed by atoms with Crippen LogP contribution in [-0.4, -0.2) is 63.0 Å². The highest BCUT2D eigenvalue weighted by molar-refractivity contribution is 7.92. The number of ether oxygens (including phenoxy) is 1. The van der Waals surface area contributed by atoms with Crippen LogP contribution in [0.2, 0.25) is 0 Å². The molecule has 0 spiro atoms. The third kappa shape index (κ3) is 5.85.